The Hall–Kier alpha value is -0.680. The summed E-state index contributed by atoms with van der Waals surface area (Å²) in [7, 11) is 1.60. The van der Waals surface area contributed by atoms with Crippen LogP contribution in [-0.4, -0.2) is 17.1 Å². The molecule has 0 aliphatic heterocycles. The van der Waals surface area contributed by atoms with Crippen LogP contribution in [0.4, 0.5) is 5.95 Å². The van der Waals surface area contributed by atoms with Crippen molar-refractivity contribution in [1.82, 2.24) is 9.97 Å². The second-order valence-corrected chi connectivity index (χ2v) is 2.81. The Kier molecular flexibility index (Phi) is 2.78. The number of hydrogen-bond acceptors (Lipinski definition) is 4. The van der Waals surface area contributed by atoms with E-state index in [4.69, 9.17) is 10.5 Å². The van der Waals surface area contributed by atoms with Crippen LogP contribution in [0.1, 0.15) is 5.69 Å². The number of rotatable bonds is 2. The number of ether oxygens (including phenoxy) is 1. The molecule has 0 saturated heterocycles. The number of halogens is 1. The fourth-order valence-electron chi connectivity index (χ4n) is 0.656. The van der Waals surface area contributed by atoms with Gasteiger partial charge in [0.2, 0.25) is 5.95 Å². The molecule has 5 heteroatoms. The molecule has 0 radical (unpaired) electrons. The van der Waals surface area contributed by atoms with E-state index in [9.17, 15) is 0 Å². The summed E-state index contributed by atoms with van der Waals surface area (Å²) in [5.74, 6) is 0.264. The van der Waals surface area contributed by atoms with Gasteiger partial charge in [0.05, 0.1) is 16.8 Å². The van der Waals surface area contributed by atoms with E-state index in [2.05, 4.69) is 25.9 Å². The first-order chi connectivity index (χ1) is 5.24. The zero-order chi connectivity index (χ0) is 8.27. The summed E-state index contributed by atoms with van der Waals surface area (Å²) in [4.78, 5) is 7.74. The van der Waals surface area contributed by atoms with Gasteiger partial charge >= 0.3 is 0 Å². The van der Waals surface area contributed by atoms with Gasteiger partial charge in [-0.2, -0.15) is 0 Å². The molecule has 0 fully saturated rings. The normalized spacial score (nSPS) is 10.0. The van der Waals surface area contributed by atoms with Crippen molar-refractivity contribution in [2.75, 3.05) is 12.8 Å². The molecule has 0 aromatic carbocycles. The van der Waals surface area contributed by atoms with Crippen molar-refractivity contribution in [1.29, 1.82) is 0 Å². The van der Waals surface area contributed by atoms with Gasteiger partial charge in [-0.25, -0.2) is 9.97 Å². The average molecular weight is 218 g/mol. The van der Waals surface area contributed by atoms with Crippen LogP contribution in [0.3, 0.4) is 0 Å². The lowest BCUT2D eigenvalue weighted by atomic mass is 10.4. The molecule has 1 aromatic rings. The Labute approximate surface area is 72.9 Å². The van der Waals surface area contributed by atoms with Crippen LogP contribution in [0.25, 0.3) is 0 Å². The van der Waals surface area contributed by atoms with Crippen molar-refractivity contribution in [3.8, 4) is 0 Å². The van der Waals surface area contributed by atoms with Crippen molar-refractivity contribution < 1.29 is 4.74 Å². The maximum Gasteiger partial charge on any atom is 0.220 e. The van der Waals surface area contributed by atoms with Crippen LogP contribution in [0.2, 0.25) is 0 Å². The van der Waals surface area contributed by atoms with Crippen LogP contribution < -0.4 is 5.73 Å². The van der Waals surface area contributed by atoms with E-state index in [0.29, 0.717) is 6.61 Å². The molecular formula is C6H8BrN3O. The number of hydrogen-bond donors (Lipinski definition) is 1. The van der Waals surface area contributed by atoms with E-state index in [0.717, 1.165) is 10.2 Å². The summed E-state index contributed by atoms with van der Waals surface area (Å²) in [5, 5.41) is 0. The number of nitrogens with two attached hydrogens (primary N) is 1. The average Bonchev–Trinajstić information content (AvgIpc) is 1.98. The van der Waals surface area contributed by atoms with Gasteiger partial charge in [-0.1, -0.05) is 0 Å². The number of nitrogens with zero attached hydrogens (tertiary/aromatic N) is 2. The second kappa shape index (κ2) is 3.64. The van der Waals surface area contributed by atoms with E-state index in [1.165, 1.54) is 0 Å². The van der Waals surface area contributed by atoms with E-state index in [1.54, 1.807) is 13.3 Å². The molecule has 0 unspecified atom stereocenters. The van der Waals surface area contributed by atoms with Crippen LogP contribution in [0, 0.1) is 0 Å². The monoisotopic (exact) mass is 217 g/mol. The van der Waals surface area contributed by atoms with Crippen molar-refractivity contribution in [3.63, 3.8) is 0 Å². The molecule has 0 aliphatic rings. The first-order valence-corrected chi connectivity index (χ1v) is 3.79. The lowest BCUT2D eigenvalue weighted by Gasteiger charge is -2.01. The zero-order valence-corrected chi connectivity index (χ0v) is 7.63. The molecular weight excluding hydrogens is 210 g/mol. The van der Waals surface area contributed by atoms with Crippen molar-refractivity contribution in [2.45, 2.75) is 6.61 Å². The van der Waals surface area contributed by atoms with E-state index in [-0.39, 0.29) is 5.95 Å². The van der Waals surface area contributed by atoms with Crippen LogP contribution in [-0.2, 0) is 11.3 Å². The number of aromatic nitrogens is 2. The SMILES string of the molecule is COCc1nc(N)ncc1Br. The number of nitrogen functional groups attached to an aromatic ring is 1. The topological polar surface area (TPSA) is 61.0 Å². The van der Waals surface area contributed by atoms with Gasteiger partial charge in [-0.15, -0.1) is 0 Å². The zero-order valence-electron chi connectivity index (χ0n) is 6.04. The predicted octanol–water partition coefficient (Wildman–Crippen LogP) is 0.968. The van der Waals surface area contributed by atoms with Gasteiger partial charge in [0.25, 0.3) is 0 Å². The third-order valence-electron chi connectivity index (χ3n) is 1.12. The third kappa shape index (κ3) is 2.13. The van der Waals surface area contributed by atoms with Gasteiger partial charge < -0.3 is 10.5 Å². The molecule has 0 aliphatic carbocycles. The minimum Gasteiger partial charge on any atom is -0.378 e. The molecule has 1 aromatic heterocycles. The van der Waals surface area contributed by atoms with Gasteiger partial charge in [-0.3, -0.25) is 0 Å². The maximum absolute atomic E-state index is 5.36. The highest BCUT2D eigenvalue weighted by molar-refractivity contribution is 9.10. The smallest absolute Gasteiger partial charge is 0.220 e. The van der Waals surface area contributed by atoms with Crippen molar-refractivity contribution >= 4 is 21.9 Å². The molecule has 1 rings (SSSR count). The second-order valence-electron chi connectivity index (χ2n) is 1.96. The Morgan fingerprint density at radius 3 is 3.09 bits per heavy atom. The highest BCUT2D eigenvalue weighted by Crippen LogP contribution is 2.14. The standard InChI is InChI=1S/C6H8BrN3O/c1-11-3-5-4(7)2-9-6(8)10-5/h2H,3H2,1H3,(H2,8,9,10). The largest absolute Gasteiger partial charge is 0.378 e. The van der Waals surface area contributed by atoms with Gasteiger partial charge in [0, 0.05) is 13.3 Å². The molecule has 4 nitrogen and oxygen atoms in total. The molecule has 60 valence electrons. The van der Waals surface area contributed by atoms with E-state index < -0.39 is 0 Å². The molecule has 1 heterocycles. The highest BCUT2D eigenvalue weighted by Gasteiger charge is 2.01. The van der Waals surface area contributed by atoms with Crippen molar-refractivity contribution in [3.05, 3.63) is 16.4 Å². The first-order valence-electron chi connectivity index (χ1n) is 3.00. The molecule has 0 spiro atoms. The molecule has 2 N–H and O–H groups in total. The maximum atomic E-state index is 5.36. The number of anilines is 1. The molecule has 0 saturated carbocycles. The summed E-state index contributed by atoms with van der Waals surface area (Å²) in [6, 6.07) is 0. The molecule has 0 atom stereocenters. The van der Waals surface area contributed by atoms with E-state index in [1.807, 2.05) is 0 Å². The summed E-state index contributed by atoms with van der Waals surface area (Å²) >= 11 is 3.27. The fourth-order valence-corrected chi connectivity index (χ4v) is 0.961. The third-order valence-corrected chi connectivity index (χ3v) is 1.78. The Bertz CT molecular complexity index is 254. The summed E-state index contributed by atoms with van der Waals surface area (Å²) in [5.41, 5.74) is 6.12. The minimum absolute atomic E-state index is 0.264. The Morgan fingerprint density at radius 1 is 1.73 bits per heavy atom. The predicted molar refractivity (Wildman–Crippen MR) is 44.9 cm³/mol. The van der Waals surface area contributed by atoms with Crippen LogP contribution in [0.15, 0.2) is 10.7 Å². The van der Waals surface area contributed by atoms with E-state index >= 15 is 0 Å². The quantitative estimate of drug-likeness (QED) is 0.803. The number of methoxy groups -OCH3 is 1. The van der Waals surface area contributed by atoms with Crippen LogP contribution >= 0.6 is 15.9 Å². The lowest BCUT2D eigenvalue weighted by molar-refractivity contribution is 0.181. The molecule has 0 bridgehead atoms. The summed E-state index contributed by atoms with van der Waals surface area (Å²) < 4.78 is 5.70. The minimum atomic E-state index is 0.264. The summed E-state index contributed by atoms with van der Waals surface area (Å²) in [6.07, 6.45) is 1.61. The Morgan fingerprint density at radius 2 is 2.45 bits per heavy atom. The lowest BCUT2D eigenvalue weighted by Crippen LogP contribution is -2.00. The van der Waals surface area contributed by atoms with Gasteiger partial charge in [0.1, 0.15) is 0 Å². The van der Waals surface area contributed by atoms with Gasteiger partial charge in [-0.05, 0) is 15.9 Å². The summed E-state index contributed by atoms with van der Waals surface area (Å²) in [6.45, 7) is 0.438. The molecule has 0 amide bonds. The van der Waals surface area contributed by atoms with Crippen molar-refractivity contribution in [2.24, 2.45) is 0 Å². The Balaban J connectivity index is 2.93. The first kappa shape index (κ1) is 8.42. The van der Waals surface area contributed by atoms with Crippen LogP contribution in [0.5, 0.6) is 0 Å². The molecule has 11 heavy (non-hydrogen) atoms. The highest BCUT2D eigenvalue weighted by atomic mass is 79.9. The fraction of sp³-hybridized carbons (Fsp3) is 0.333. The van der Waals surface area contributed by atoms with Gasteiger partial charge in [0.15, 0.2) is 0 Å².